The fourth-order valence-corrected chi connectivity index (χ4v) is 3.03. The molecule has 1 heterocycles. The molecule has 1 N–H and O–H groups in total. The van der Waals surface area contributed by atoms with Crippen LogP contribution in [0.5, 0.6) is 5.75 Å². The molecule has 1 aromatic heterocycles. The van der Waals surface area contributed by atoms with Crippen molar-refractivity contribution < 1.29 is 9.53 Å². The van der Waals surface area contributed by atoms with Gasteiger partial charge in [0.1, 0.15) is 16.8 Å². The molecule has 0 atom stereocenters. The van der Waals surface area contributed by atoms with Crippen LogP contribution in [-0.4, -0.2) is 27.5 Å². The van der Waals surface area contributed by atoms with E-state index in [4.69, 9.17) is 4.74 Å². The summed E-state index contributed by atoms with van der Waals surface area (Å²) < 4.78 is 5.61. The van der Waals surface area contributed by atoms with Crippen molar-refractivity contribution in [2.24, 2.45) is 0 Å². The van der Waals surface area contributed by atoms with Gasteiger partial charge in [-0.2, -0.15) is 4.80 Å². The van der Waals surface area contributed by atoms with Crippen LogP contribution < -0.4 is 10.1 Å². The van der Waals surface area contributed by atoms with Gasteiger partial charge in [-0.25, -0.2) is 0 Å². The molecule has 0 fully saturated rings. The Morgan fingerprint density at radius 1 is 0.929 bits per heavy atom. The summed E-state index contributed by atoms with van der Waals surface area (Å²) >= 11 is 0. The number of carbonyl (C=O) groups is 1. The van der Waals surface area contributed by atoms with Gasteiger partial charge in [0.25, 0.3) is 5.91 Å². The number of rotatable bonds is 5. The molecule has 0 aliphatic heterocycles. The van der Waals surface area contributed by atoms with E-state index in [1.165, 1.54) is 0 Å². The number of hydrogen-bond donors (Lipinski definition) is 1. The van der Waals surface area contributed by atoms with Crippen LogP contribution in [0.15, 0.2) is 66.7 Å². The largest absolute Gasteiger partial charge is 0.484 e. The van der Waals surface area contributed by atoms with Crippen molar-refractivity contribution in [2.75, 3.05) is 11.9 Å². The van der Waals surface area contributed by atoms with Gasteiger partial charge >= 0.3 is 0 Å². The first-order valence-electron chi connectivity index (χ1n) is 9.00. The first-order chi connectivity index (χ1) is 13.6. The van der Waals surface area contributed by atoms with Crippen LogP contribution in [0.25, 0.3) is 16.7 Å². The number of carbonyl (C=O) groups excluding carboxylic acids is 1. The number of nitrogens with zero attached hydrogens (tertiary/aromatic N) is 3. The molecule has 0 spiro atoms. The lowest BCUT2D eigenvalue weighted by molar-refractivity contribution is -0.118. The molecular formula is C22H20N4O2. The minimum absolute atomic E-state index is 0.0579. The van der Waals surface area contributed by atoms with E-state index in [1.54, 1.807) is 16.9 Å². The van der Waals surface area contributed by atoms with Crippen molar-refractivity contribution in [2.45, 2.75) is 13.8 Å². The lowest BCUT2D eigenvalue weighted by Crippen LogP contribution is -2.20. The molecule has 6 heteroatoms. The highest BCUT2D eigenvalue weighted by atomic mass is 16.5. The predicted molar refractivity (Wildman–Crippen MR) is 109 cm³/mol. The quantitative estimate of drug-likeness (QED) is 0.574. The summed E-state index contributed by atoms with van der Waals surface area (Å²) in [7, 11) is 0. The van der Waals surface area contributed by atoms with E-state index in [-0.39, 0.29) is 12.5 Å². The number of amides is 1. The molecule has 0 aliphatic carbocycles. The van der Waals surface area contributed by atoms with E-state index in [9.17, 15) is 4.79 Å². The molecule has 0 bridgehead atoms. The second kappa shape index (κ2) is 7.52. The number of ether oxygens (including phenoxy) is 1. The lowest BCUT2D eigenvalue weighted by atomic mass is 10.1. The Labute approximate surface area is 162 Å². The van der Waals surface area contributed by atoms with E-state index in [1.807, 2.05) is 62.4 Å². The summed E-state index contributed by atoms with van der Waals surface area (Å²) in [5.74, 6) is 0.461. The number of hydrogen-bond acceptors (Lipinski definition) is 4. The number of anilines is 1. The Balaban J connectivity index is 1.44. The number of aryl methyl sites for hydroxylation is 2. The minimum Gasteiger partial charge on any atom is -0.484 e. The second-order valence-electron chi connectivity index (χ2n) is 6.69. The molecule has 1 amide bonds. The molecule has 4 rings (SSSR count). The van der Waals surface area contributed by atoms with Crippen LogP contribution in [0.2, 0.25) is 0 Å². The first-order valence-corrected chi connectivity index (χ1v) is 9.00. The van der Waals surface area contributed by atoms with Crippen LogP contribution in [0.4, 0.5) is 5.69 Å². The number of nitrogens with one attached hydrogen (secondary N) is 1. The minimum atomic E-state index is -0.228. The van der Waals surface area contributed by atoms with Crippen LogP contribution in [0, 0.1) is 13.8 Å². The molecule has 0 aliphatic rings. The molecule has 0 radical (unpaired) electrons. The van der Waals surface area contributed by atoms with E-state index < -0.39 is 0 Å². The molecular weight excluding hydrogens is 352 g/mol. The maximum atomic E-state index is 12.2. The summed E-state index contributed by atoms with van der Waals surface area (Å²) in [6.45, 7) is 3.94. The molecule has 0 saturated carbocycles. The summed E-state index contributed by atoms with van der Waals surface area (Å²) in [6, 6.07) is 21.0. The van der Waals surface area contributed by atoms with Crippen molar-refractivity contribution in [3.05, 3.63) is 77.9 Å². The van der Waals surface area contributed by atoms with Crippen molar-refractivity contribution in [3.8, 4) is 11.4 Å². The Hall–Kier alpha value is -3.67. The van der Waals surface area contributed by atoms with Gasteiger partial charge in [-0.1, -0.05) is 24.3 Å². The zero-order valence-corrected chi connectivity index (χ0v) is 15.7. The van der Waals surface area contributed by atoms with Gasteiger partial charge < -0.3 is 10.1 Å². The highest BCUT2D eigenvalue weighted by Gasteiger charge is 2.08. The Kier molecular flexibility index (Phi) is 4.76. The third kappa shape index (κ3) is 4.01. The molecule has 28 heavy (non-hydrogen) atoms. The van der Waals surface area contributed by atoms with Crippen molar-refractivity contribution in [1.29, 1.82) is 0 Å². The summed E-state index contributed by atoms with van der Waals surface area (Å²) in [6.07, 6.45) is 0. The maximum Gasteiger partial charge on any atom is 0.262 e. The molecule has 4 aromatic rings. The first kappa shape index (κ1) is 17.7. The smallest absolute Gasteiger partial charge is 0.262 e. The van der Waals surface area contributed by atoms with Gasteiger partial charge in [-0.3, -0.25) is 4.79 Å². The van der Waals surface area contributed by atoms with Crippen molar-refractivity contribution in [3.63, 3.8) is 0 Å². The fraction of sp³-hybridized carbons (Fsp3) is 0.136. The Morgan fingerprint density at radius 3 is 2.39 bits per heavy atom. The molecule has 140 valence electrons. The maximum absolute atomic E-state index is 12.2. The Bertz CT molecular complexity index is 1120. The lowest BCUT2D eigenvalue weighted by Gasteiger charge is -2.09. The SMILES string of the molecule is Cc1cc(C)cc(OCC(=O)Nc2ccc3nn(-c4ccccc4)nc3c2)c1. The third-order valence-electron chi connectivity index (χ3n) is 4.22. The fourth-order valence-electron chi connectivity index (χ4n) is 3.03. The van der Waals surface area contributed by atoms with Crippen LogP contribution in [0.3, 0.4) is 0 Å². The Morgan fingerprint density at radius 2 is 1.64 bits per heavy atom. The van der Waals surface area contributed by atoms with Crippen molar-refractivity contribution >= 4 is 22.6 Å². The molecule has 0 saturated heterocycles. The second-order valence-corrected chi connectivity index (χ2v) is 6.69. The average molecular weight is 372 g/mol. The van der Waals surface area contributed by atoms with E-state index in [0.717, 1.165) is 22.3 Å². The monoisotopic (exact) mass is 372 g/mol. The van der Waals surface area contributed by atoms with Crippen LogP contribution in [-0.2, 0) is 4.79 Å². The number of para-hydroxylation sites is 1. The van der Waals surface area contributed by atoms with Crippen molar-refractivity contribution in [1.82, 2.24) is 15.0 Å². The van der Waals surface area contributed by atoms with Gasteiger partial charge in [0, 0.05) is 5.69 Å². The predicted octanol–water partition coefficient (Wildman–Crippen LogP) is 4.05. The van der Waals surface area contributed by atoms with E-state index in [2.05, 4.69) is 21.6 Å². The third-order valence-corrected chi connectivity index (χ3v) is 4.22. The zero-order chi connectivity index (χ0) is 19.5. The molecule has 0 unspecified atom stereocenters. The van der Waals surface area contributed by atoms with E-state index >= 15 is 0 Å². The van der Waals surface area contributed by atoms with Crippen LogP contribution in [0.1, 0.15) is 11.1 Å². The topological polar surface area (TPSA) is 69.0 Å². The molecule has 3 aromatic carbocycles. The van der Waals surface area contributed by atoms with Gasteiger partial charge in [-0.05, 0) is 67.4 Å². The number of fused-ring (bicyclic) bond motifs is 1. The summed E-state index contributed by atoms with van der Waals surface area (Å²) in [5, 5.41) is 11.8. The number of aromatic nitrogens is 3. The average Bonchev–Trinajstić information content (AvgIpc) is 3.10. The zero-order valence-electron chi connectivity index (χ0n) is 15.7. The van der Waals surface area contributed by atoms with Gasteiger partial charge in [-0.15, -0.1) is 10.2 Å². The van der Waals surface area contributed by atoms with Gasteiger partial charge in [0.05, 0.1) is 5.69 Å². The highest BCUT2D eigenvalue weighted by Crippen LogP contribution is 2.18. The normalized spacial score (nSPS) is 10.8. The highest BCUT2D eigenvalue weighted by molar-refractivity contribution is 5.93. The summed E-state index contributed by atoms with van der Waals surface area (Å²) in [5.41, 5.74) is 5.20. The van der Waals surface area contributed by atoms with Crippen LogP contribution >= 0.6 is 0 Å². The molecule has 6 nitrogen and oxygen atoms in total. The van der Waals surface area contributed by atoms with Gasteiger partial charge in [0.2, 0.25) is 0 Å². The van der Waals surface area contributed by atoms with E-state index in [0.29, 0.717) is 17.0 Å². The number of benzene rings is 3. The van der Waals surface area contributed by atoms with Gasteiger partial charge in [0.15, 0.2) is 6.61 Å². The standard InChI is InChI=1S/C22H20N4O2/c1-15-10-16(2)12-19(11-15)28-14-22(27)23-17-8-9-20-21(13-17)25-26(24-20)18-6-4-3-5-7-18/h3-13H,14H2,1-2H3,(H,23,27). The summed E-state index contributed by atoms with van der Waals surface area (Å²) in [4.78, 5) is 13.8.